The molecule has 0 radical (unpaired) electrons. The molecule has 0 saturated carbocycles. The predicted octanol–water partition coefficient (Wildman–Crippen LogP) is 1.90. The van der Waals surface area contributed by atoms with Crippen LogP contribution < -0.4 is 4.18 Å². The minimum Gasteiger partial charge on any atom is -0.382 e. The first kappa shape index (κ1) is 12.7. The van der Waals surface area contributed by atoms with Crippen molar-refractivity contribution >= 4 is 27.4 Å². The number of nitro benzene ring substituents is 1. The Bertz CT molecular complexity index is 540. The Balaban J connectivity index is 3.33. The number of nitro groups is 1. The molecule has 0 unspecified atom stereocenters. The van der Waals surface area contributed by atoms with Crippen molar-refractivity contribution in [3.05, 3.63) is 32.8 Å². The zero-order valence-electron chi connectivity index (χ0n) is 8.43. The molecule has 0 N–H and O–H groups in total. The van der Waals surface area contributed by atoms with Crippen LogP contribution in [0.3, 0.4) is 0 Å². The third kappa shape index (κ3) is 3.07. The number of benzene rings is 1. The Morgan fingerprint density at radius 1 is 1.44 bits per heavy atom. The fourth-order valence-electron chi connectivity index (χ4n) is 0.995. The molecule has 1 aromatic rings. The highest BCUT2D eigenvalue weighted by atomic mass is 35.5. The Kier molecular flexibility index (Phi) is 3.39. The highest BCUT2D eigenvalue weighted by Crippen LogP contribution is 2.31. The largest absolute Gasteiger partial charge is 0.382 e. The van der Waals surface area contributed by atoms with Crippen LogP contribution in [0.25, 0.3) is 0 Å². The second-order valence-corrected chi connectivity index (χ2v) is 5.08. The molecule has 0 saturated heterocycles. The zero-order chi connectivity index (χ0) is 12.5. The summed E-state index contributed by atoms with van der Waals surface area (Å²) in [5, 5.41) is 10.6. The molecule has 0 fully saturated rings. The summed E-state index contributed by atoms with van der Waals surface area (Å²) in [6.45, 7) is 1.51. The molecule has 0 aliphatic carbocycles. The molecule has 88 valence electrons. The maximum atomic E-state index is 10.9. The van der Waals surface area contributed by atoms with E-state index >= 15 is 0 Å². The van der Waals surface area contributed by atoms with E-state index in [4.69, 9.17) is 11.6 Å². The van der Waals surface area contributed by atoms with Gasteiger partial charge in [-0.15, -0.1) is 0 Å². The smallest absolute Gasteiger partial charge is 0.306 e. The molecule has 16 heavy (non-hydrogen) atoms. The number of rotatable bonds is 3. The summed E-state index contributed by atoms with van der Waals surface area (Å²) in [6, 6.07) is 2.15. The van der Waals surface area contributed by atoms with Gasteiger partial charge >= 0.3 is 10.1 Å². The van der Waals surface area contributed by atoms with Crippen LogP contribution in [0, 0.1) is 17.0 Å². The minimum absolute atomic E-state index is 0.0767. The first-order chi connectivity index (χ1) is 7.20. The first-order valence-electron chi connectivity index (χ1n) is 4.04. The highest BCUT2D eigenvalue weighted by Gasteiger charge is 2.16. The topological polar surface area (TPSA) is 86.5 Å². The summed E-state index contributed by atoms with van der Waals surface area (Å²) in [6.07, 6.45) is 0.846. The lowest BCUT2D eigenvalue weighted by molar-refractivity contribution is -0.384. The predicted molar refractivity (Wildman–Crippen MR) is 58.3 cm³/mol. The average molecular weight is 266 g/mol. The standard InChI is InChI=1S/C8H8ClNO5S/c1-5-7(9)3-6(10(11)12)4-8(5)15-16(2,13)14/h3-4H,1-2H3. The third-order valence-electron chi connectivity index (χ3n) is 1.73. The van der Waals surface area contributed by atoms with Crippen molar-refractivity contribution in [1.29, 1.82) is 0 Å². The maximum Gasteiger partial charge on any atom is 0.306 e. The lowest BCUT2D eigenvalue weighted by atomic mass is 10.2. The lowest BCUT2D eigenvalue weighted by Gasteiger charge is -2.07. The van der Waals surface area contributed by atoms with Crippen molar-refractivity contribution in [2.75, 3.05) is 6.26 Å². The second-order valence-electron chi connectivity index (χ2n) is 3.10. The normalized spacial score (nSPS) is 11.2. The van der Waals surface area contributed by atoms with Gasteiger partial charge in [0.25, 0.3) is 5.69 Å². The van der Waals surface area contributed by atoms with Crippen LogP contribution in [-0.2, 0) is 10.1 Å². The number of hydrogen-bond acceptors (Lipinski definition) is 5. The summed E-state index contributed by atoms with van der Waals surface area (Å²) in [5.74, 6) is -0.137. The molecule has 8 heteroatoms. The van der Waals surface area contributed by atoms with Crippen molar-refractivity contribution in [3.63, 3.8) is 0 Å². The Hall–Kier alpha value is -1.34. The van der Waals surface area contributed by atoms with E-state index in [2.05, 4.69) is 4.18 Å². The van der Waals surface area contributed by atoms with Gasteiger partial charge in [-0.05, 0) is 6.92 Å². The minimum atomic E-state index is -3.74. The summed E-state index contributed by atoms with van der Waals surface area (Å²) >= 11 is 5.71. The van der Waals surface area contributed by atoms with Gasteiger partial charge in [0.1, 0.15) is 0 Å². The van der Waals surface area contributed by atoms with E-state index in [-0.39, 0.29) is 16.5 Å². The summed E-state index contributed by atoms with van der Waals surface area (Å²) in [7, 11) is -3.74. The van der Waals surface area contributed by atoms with Crippen LogP contribution >= 0.6 is 11.6 Å². The average Bonchev–Trinajstić information content (AvgIpc) is 2.10. The quantitative estimate of drug-likeness (QED) is 0.473. The van der Waals surface area contributed by atoms with E-state index in [1.807, 2.05) is 0 Å². The van der Waals surface area contributed by atoms with Crippen LogP contribution in [0.15, 0.2) is 12.1 Å². The Labute approximate surface area is 97.1 Å². The summed E-state index contributed by atoms with van der Waals surface area (Å²) in [4.78, 5) is 9.84. The van der Waals surface area contributed by atoms with E-state index in [1.165, 1.54) is 6.92 Å². The third-order valence-corrected chi connectivity index (χ3v) is 2.61. The molecule has 0 atom stereocenters. The van der Waals surface area contributed by atoms with Gasteiger partial charge in [0.2, 0.25) is 0 Å². The van der Waals surface area contributed by atoms with Crippen LogP contribution in [0.4, 0.5) is 5.69 Å². The van der Waals surface area contributed by atoms with E-state index < -0.39 is 15.0 Å². The van der Waals surface area contributed by atoms with Gasteiger partial charge < -0.3 is 4.18 Å². The summed E-state index contributed by atoms with van der Waals surface area (Å²) in [5.41, 5.74) is 0.00643. The van der Waals surface area contributed by atoms with Gasteiger partial charge in [-0.3, -0.25) is 10.1 Å². The number of nitrogens with zero attached hydrogens (tertiary/aromatic N) is 1. The molecule has 0 aliphatic rings. The van der Waals surface area contributed by atoms with Gasteiger partial charge in [0, 0.05) is 11.6 Å². The Morgan fingerprint density at radius 3 is 2.44 bits per heavy atom. The van der Waals surface area contributed by atoms with Gasteiger partial charge in [-0.1, -0.05) is 11.6 Å². The van der Waals surface area contributed by atoms with Crippen LogP contribution in [-0.4, -0.2) is 19.6 Å². The van der Waals surface area contributed by atoms with E-state index in [1.54, 1.807) is 0 Å². The van der Waals surface area contributed by atoms with E-state index in [9.17, 15) is 18.5 Å². The van der Waals surface area contributed by atoms with Crippen LogP contribution in [0.1, 0.15) is 5.56 Å². The molecule has 1 aromatic carbocycles. The first-order valence-corrected chi connectivity index (χ1v) is 6.24. The van der Waals surface area contributed by atoms with Gasteiger partial charge in [0.15, 0.2) is 5.75 Å². The molecular formula is C8H8ClNO5S. The molecule has 0 aromatic heterocycles. The molecule has 0 heterocycles. The SMILES string of the molecule is Cc1c(Cl)cc([N+](=O)[O-])cc1OS(C)(=O)=O. The van der Waals surface area contributed by atoms with Crippen molar-refractivity contribution in [1.82, 2.24) is 0 Å². The number of non-ortho nitro benzene ring substituents is 1. The van der Waals surface area contributed by atoms with Crippen LogP contribution in [0.5, 0.6) is 5.75 Å². The van der Waals surface area contributed by atoms with Crippen molar-refractivity contribution in [3.8, 4) is 5.75 Å². The monoisotopic (exact) mass is 265 g/mol. The number of halogens is 1. The van der Waals surface area contributed by atoms with E-state index in [0.717, 1.165) is 18.4 Å². The lowest BCUT2D eigenvalue weighted by Crippen LogP contribution is -2.07. The fourth-order valence-corrected chi connectivity index (χ4v) is 1.70. The highest BCUT2D eigenvalue weighted by molar-refractivity contribution is 7.86. The van der Waals surface area contributed by atoms with Gasteiger partial charge in [-0.2, -0.15) is 8.42 Å². The molecule has 0 spiro atoms. The zero-order valence-corrected chi connectivity index (χ0v) is 10.0. The molecule has 1 rings (SSSR count). The molecule has 0 aliphatic heterocycles. The molecule has 6 nitrogen and oxygen atoms in total. The molecular weight excluding hydrogens is 258 g/mol. The van der Waals surface area contributed by atoms with Crippen molar-refractivity contribution in [2.45, 2.75) is 6.92 Å². The second kappa shape index (κ2) is 4.26. The fraction of sp³-hybridized carbons (Fsp3) is 0.250. The maximum absolute atomic E-state index is 10.9. The number of hydrogen-bond donors (Lipinski definition) is 0. The van der Waals surface area contributed by atoms with Gasteiger partial charge in [0.05, 0.1) is 22.3 Å². The molecule has 0 bridgehead atoms. The van der Waals surface area contributed by atoms with Gasteiger partial charge in [-0.25, -0.2) is 0 Å². The van der Waals surface area contributed by atoms with Crippen molar-refractivity contribution < 1.29 is 17.5 Å². The van der Waals surface area contributed by atoms with E-state index in [0.29, 0.717) is 5.56 Å². The summed E-state index contributed by atoms with van der Waals surface area (Å²) < 4.78 is 26.4. The van der Waals surface area contributed by atoms with Crippen molar-refractivity contribution in [2.24, 2.45) is 0 Å². The Morgan fingerprint density at radius 2 is 2.00 bits per heavy atom. The van der Waals surface area contributed by atoms with Crippen LogP contribution in [0.2, 0.25) is 5.02 Å². The molecule has 0 amide bonds.